The maximum absolute atomic E-state index is 12.6. The molecule has 2 atom stereocenters. The maximum atomic E-state index is 12.6. The van der Waals surface area contributed by atoms with Crippen LogP contribution in [0.15, 0.2) is 10.2 Å². The summed E-state index contributed by atoms with van der Waals surface area (Å²) in [7, 11) is 0. The number of hydrogen-bond acceptors (Lipinski definition) is 7. The number of likely N-dealkylation sites (tertiary alicyclic amines) is 1. The van der Waals surface area contributed by atoms with Crippen LogP contribution in [0.25, 0.3) is 10.2 Å². The van der Waals surface area contributed by atoms with E-state index in [1.54, 1.807) is 11.3 Å². The van der Waals surface area contributed by atoms with E-state index >= 15 is 0 Å². The predicted octanol–water partition coefficient (Wildman–Crippen LogP) is 3.98. The Morgan fingerprint density at radius 2 is 2.06 bits per heavy atom. The molecule has 0 spiro atoms. The minimum atomic E-state index is -0.109. The fourth-order valence-electron chi connectivity index (χ4n) is 5.17. The number of anilines is 1. The summed E-state index contributed by atoms with van der Waals surface area (Å²) in [6.45, 7) is 7.65. The molecule has 0 aromatic carbocycles. The van der Waals surface area contributed by atoms with E-state index in [4.69, 9.17) is 0 Å². The summed E-state index contributed by atoms with van der Waals surface area (Å²) in [5.74, 6) is 1.89. The van der Waals surface area contributed by atoms with Crippen molar-refractivity contribution in [2.45, 2.75) is 58.9 Å². The summed E-state index contributed by atoms with van der Waals surface area (Å²) in [5, 5.41) is 6.32. The van der Waals surface area contributed by atoms with Crippen LogP contribution >= 0.6 is 22.7 Å². The second-order valence-electron chi connectivity index (χ2n) is 9.38. The van der Waals surface area contributed by atoms with Gasteiger partial charge < -0.3 is 10.3 Å². The first-order chi connectivity index (χ1) is 15.4. The van der Waals surface area contributed by atoms with Crippen molar-refractivity contribution >= 4 is 43.9 Å². The van der Waals surface area contributed by atoms with Gasteiger partial charge >= 0.3 is 0 Å². The normalized spacial score (nSPS) is 21.2. The zero-order chi connectivity index (χ0) is 22.2. The molecule has 9 heteroatoms. The van der Waals surface area contributed by atoms with E-state index < -0.39 is 0 Å². The zero-order valence-corrected chi connectivity index (χ0v) is 20.2. The molecule has 0 bridgehead atoms. The Bertz CT molecular complexity index is 1190. The standard InChI is InChI=1S/C23H29N5O2S2/c1-13-8-14(2)10-28(9-13)11-15-12-31-23(24-15)27-19(29)7-6-18-25-21(30)20-16-4-3-5-17(16)32-22(20)26-18/h12-14H,3-11H2,1-2H3,(H,24,27,29)(H,25,26,30)/t13-,14-/m0/s1. The van der Waals surface area contributed by atoms with Gasteiger partial charge in [0.2, 0.25) is 5.91 Å². The lowest BCUT2D eigenvalue weighted by Gasteiger charge is -2.34. The lowest BCUT2D eigenvalue weighted by Crippen LogP contribution is -2.38. The van der Waals surface area contributed by atoms with Crippen LogP contribution in [0.1, 0.15) is 55.1 Å². The highest BCUT2D eigenvalue weighted by Crippen LogP contribution is 2.34. The Labute approximate surface area is 195 Å². The van der Waals surface area contributed by atoms with Crippen molar-refractivity contribution in [3.05, 3.63) is 37.7 Å². The van der Waals surface area contributed by atoms with Gasteiger partial charge in [-0.3, -0.25) is 14.5 Å². The van der Waals surface area contributed by atoms with Gasteiger partial charge in [0, 0.05) is 42.7 Å². The van der Waals surface area contributed by atoms with Crippen molar-refractivity contribution in [2.24, 2.45) is 11.8 Å². The van der Waals surface area contributed by atoms with Gasteiger partial charge in [-0.25, -0.2) is 9.97 Å². The average molecular weight is 472 g/mol. The molecule has 170 valence electrons. The van der Waals surface area contributed by atoms with E-state index in [2.05, 4.69) is 39.0 Å². The molecule has 2 N–H and O–H groups in total. The molecular weight excluding hydrogens is 442 g/mol. The quantitative estimate of drug-likeness (QED) is 0.567. The van der Waals surface area contributed by atoms with Gasteiger partial charge in [0.05, 0.1) is 11.1 Å². The van der Waals surface area contributed by atoms with E-state index in [9.17, 15) is 9.59 Å². The topological polar surface area (TPSA) is 91.0 Å². The molecule has 3 aromatic heterocycles. The third kappa shape index (κ3) is 4.65. The van der Waals surface area contributed by atoms with Gasteiger partial charge in [-0.1, -0.05) is 13.8 Å². The first-order valence-electron chi connectivity index (χ1n) is 11.4. The van der Waals surface area contributed by atoms with E-state index in [-0.39, 0.29) is 17.9 Å². The number of nitrogens with one attached hydrogen (secondary N) is 2. The first-order valence-corrected chi connectivity index (χ1v) is 13.1. The Hall–Kier alpha value is -2.10. The molecule has 1 aliphatic heterocycles. The molecule has 7 nitrogen and oxygen atoms in total. The fraction of sp³-hybridized carbons (Fsp3) is 0.565. The van der Waals surface area contributed by atoms with Crippen molar-refractivity contribution in [3.63, 3.8) is 0 Å². The summed E-state index contributed by atoms with van der Waals surface area (Å²) >= 11 is 3.09. The molecule has 32 heavy (non-hydrogen) atoms. The molecule has 2 aliphatic rings. The van der Waals surface area contributed by atoms with Gasteiger partial charge in [-0.2, -0.15) is 0 Å². The molecular formula is C23H29N5O2S2. The number of H-pyrrole nitrogens is 1. The number of aromatic amines is 1. The molecule has 5 rings (SSSR count). The highest BCUT2D eigenvalue weighted by atomic mass is 32.1. The van der Waals surface area contributed by atoms with Crippen molar-refractivity contribution in [1.82, 2.24) is 19.9 Å². The van der Waals surface area contributed by atoms with Crippen molar-refractivity contribution < 1.29 is 4.79 Å². The summed E-state index contributed by atoms with van der Waals surface area (Å²) in [6.07, 6.45) is 5.08. The molecule has 1 aliphatic carbocycles. The Balaban J connectivity index is 1.17. The molecule has 1 fully saturated rings. The van der Waals surface area contributed by atoms with Crippen LogP contribution in [0.4, 0.5) is 5.13 Å². The van der Waals surface area contributed by atoms with Crippen molar-refractivity contribution in [1.29, 1.82) is 0 Å². The number of thiazole rings is 1. The van der Waals surface area contributed by atoms with Crippen LogP contribution in [-0.2, 0) is 30.6 Å². The van der Waals surface area contributed by atoms with E-state index in [1.807, 2.05) is 5.38 Å². The van der Waals surface area contributed by atoms with Crippen LogP contribution in [0.2, 0.25) is 0 Å². The lowest BCUT2D eigenvalue weighted by molar-refractivity contribution is -0.116. The Morgan fingerprint density at radius 3 is 2.88 bits per heavy atom. The number of amides is 1. The number of piperidine rings is 1. The number of nitrogens with zero attached hydrogens (tertiary/aromatic N) is 3. The van der Waals surface area contributed by atoms with Gasteiger partial charge in [0.1, 0.15) is 10.7 Å². The Kier molecular flexibility index (Phi) is 6.14. The first kappa shape index (κ1) is 21.7. The molecule has 1 saturated heterocycles. The van der Waals surface area contributed by atoms with Gasteiger partial charge in [0.25, 0.3) is 5.56 Å². The number of aryl methyl sites for hydroxylation is 3. The second-order valence-corrected chi connectivity index (χ2v) is 11.3. The minimum Gasteiger partial charge on any atom is -0.310 e. The van der Waals surface area contributed by atoms with Crippen LogP contribution in [0, 0.1) is 11.8 Å². The third-order valence-electron chi connectivity index (χ3n) is 6.34. The van der Waals surface area contributed by atoms with Crippen LogP contribution in [0.3, 0.4) is 0 Å². The number of hydrogen-bond donors (Lipinski definition) is 2. The number of fused-ring (bicyclic) bond motifs is 3. The molecule has 4 heterocycles. The van der Waals surface area contributed by atoms with Gasteiger partial charge in [0.15, 0.2) is 5.13 Å². The molecule has 0 unspecified atom stereocenters. The van der Waals surface area contributed by atoms with E-state index in [0.29, 0.717) is 29.2 Å². The number of aromatic nitrogens is 3. The Morgan fingerprint density at radius 1 is 1.25 bits per heavy atom. The fourth-order valence-corrected chi connectivity index (χ4v) is 7.16. The van der Waals surface area contributed by atoms with Crippen LogP contribution < -0.4 is 10.9 Å². The third-order valence-corrected chi connectivity index (χ3v) is 8.33. The predicted molar refractivity (Wildman–Crippen MR) is 130 cm³/mol. The van der Waals surface area contributed by atoms with Crippen LogP contribution in [0.5, 0.6) is 0 Å². The minimum absolute atomic E-state index is 0.0734. The summed E-state index contributed by atoms with van der Waals surface area (Å²) < 4.78 is 0. The number of carbonyl (C=O) groups is 1. The van der Waals surface area contributed by atoms with Gasteiger partial charge in [-0.05, 0) is 43.1 Å². The van der Waals surface area contributed by atoms with Crippen molar-refractivity contribution in [3.8, 4) is 0 Å². The monoisotopic (exact) mass is 471 g/mol. The smallest absolute Gasteiger partial charge is 0.259 e. The summed E-state index contributed by atoms with van der Waals surface area (Å²) in [4.78, 5) is 41.7. The second kappa shape index (κ2) is 9.03. The number of rotatable bonds is 6. The van der Waals surface area contributed by atoms with Crippen molar-refractivity contribution in [2.75, 3.05) is 18.4 Å². The SMILES string of the molecule is C[C@H]1C[C@H](C)CN(Cc2csc(NC(=O)CCc3nc4sc5c(c4c(=O)[nH]3)CCC5)n2)C1. The highest BCUT2D eigenvalue weighted by Gasteiger charge is 2.23. The maximum Gasteiger partial charge on any atom is 0.259 e. The molecule has 3 aromatic rings. The highest BCUT2D eigenvalue weighted by molar-refractivity contribution is 7.18. The summed E-state index contributed by atoms with van der Waals surface area (Å²) in [6, 6.07) is 0. The number of carbonyl (C=O) groups excluding carboxylic acids is 1. The van der Waals surface area contributed by atoms with E-state index in [0.717, 1.165) is 54.8 Å². The lowest BCUT2D eigenvalue weighted by atomic mass is 9.92. The molecule has 0 radical (unpaired) electrons. The average Bonchev–Trinajstić information content (AvgIpc) is 3.42. The van der Waals surface area contributed by atoms with Gasteiger partial charge in [-0.15, -0.1) is 22.7 Å². The molecule has 0 saturated carbocycles. The largest absolute Gasteiger partial charge is 0.310 e. The van der Waals surface area contributed by atoms with E-state index in [1.165, 1.54) is 28.2 Å². The van der Waals surface area contributed by atoms with Crippen LogP contribution in [-0.4, -0.2) is 38.8 Å². The number of thiophene rings is 1. The molecule has 1 amide bonds. The zero-order valence-electron chi connectivity index (χ0n) is 18.6. The summed E-state index contributed by atoms with van der Waals surface area (Å²) in [5.41, 5.74) is 2.11.